The minimum atomic E-state index is 0.808. The Morgan fingerprint density at radius 2 is 1.74 bits per heavy atom. The first-order valence-corrected chi connectivity index (χ1v) is 8.50. The first-order chi connectivity index (χ1) is 11.4. The Bertz CT molecular complexity index is 934. The van der Waals surface area contributed by atoms with Gasteiger partial charge in [0.25, 0.3) is 0 Å². The highest BCUT2D eigenvalue weighted by molar-refractivity contribution is 7.13. The van der Waals surface area contributed by atoms with Gasteiger partial charge in [-0.2, -0.15) is 0 Å². The van der Waals surface area contributed by atoms with Gasteiger partial charge in [-0.25, -0.2) is 4.98 Å². The van der Waals surface area contributed by atoms with Crippen LogP contribution in [0.1, 0.15) is 5.56 Å². The quantitative estimate of drug-likeness (QED) is 0.487. The third kappa shape index (κ3) is 2.83. The Morgan fingerprint density at radius 1 is 0.913 bits per heavy atom. The predicted octanol–water partition coefficient (Wildman–Crippen LogP) is 5.48. The second kappa shape index (κ2) is 6.23. The van der Waals surface area contributed by atoms with Crippen LogP contribution in [0.15, 0.2) is 78.2 Å². The molecule has 0 aliphatic rings. The van der Waals surface area contributed by atoms with E-state index in [0.717, 1.165) is 17.9 Å². The molecular formula is C20H16N2S. The predicted molar refractivity (Wildman–Crippen MR) is 98.5 cm³/mol. The van der Waals surface area contributed by atoms with E-state index in [0.29, 0.717) is 0 Å². The Hall–Kier alpha value is -2.65. The van der Waals surface area contributed by atoms with Gasteiger partial charge < -0.3 is 4.57 Å². The maximum atomic E-state index is 4.82. The lowest BCUT2D eigenvalue weighted by Crippen LogP contribution is -1.97. The van der Waals surface area contributed by atoms with Crippen molar-refractivity contribution < 1.29 is 0 Å². The lowest BCUT2D eigenvalue weighted by molar-refractivity contribution is 0.865. The number of rotatable bonds is 4. The van der Waals surface area contributed by atoms with Gasteiger partial charge in [-0.1, -0.05) is 60.7 Å². The fraction of sp³-hybridized carbons (Fsp3) is 0.0500. The zero-order valence-corrected chi connectivity index (χ0v) is 13.4. The Kier molecular flexibility index (Phi) is 3.78. The number of hydrogen-bond acceptors (Lipinski definition) is 2. The summed E-state index contributed by atoms with van der Waals surface area (Å²) in [6.07, 6.45) is 4.35. The zero-order chi connectivity index (χ0) is 15.5. The van der Waals surface area contributed by atoms with Crippen LogP contribution in [0.2, 0.25) is 0 Å². The minimum Gasteiger partial charge on any atom is -0.319 e. The van der Waals surface area contributed by atoms with Gasteiger partial charge >= 0.3 is 0 Å². The smallest absolute Gasteiger partial charge is 0.151 e. The monoisotopic (exact) mass is 316 g/mol. The van der Waals surface area contributed by atoms with E-state index >= 15 is 0 Å². The molecule has 0 atom stereocenters. The Balaban J connectivity index is 1.73. The molecule has 0 spiro atoms. The number of imidazole rings is 1. The fourth-order valence-corrected chi connectivity index (χ4v) is 3.43. The topological polar surface area (TPSA) is 17.8 Å². The standard InChI is InChI=1S/C20H16N2S/c1-2-8-16(9-3-1)10-6-14-22-18-12-5-4-11-17(18)21-20(22)19-13-7-15-23-19/h1-13,15H,14H2/b10-6+. The third-order valence-electron chi connectivity index (χ3n) is 3.79. The summed E-state index contributed by atoms with van der Waals surface area (Å²) in [4.78, 5) is 6.02. The van der Waals surface area contributed by atoms with Crippen LogP contribution in [-0.4, -0.2) is 9.55 Å². The van der Waals surface area contributed by atoms with Gasteiger partial charge in [0, 0.05) is 6.54 Å². The summed E-state index contributed by atoms with van der Waals surface area (Å²) in [5.41, 5.74) is 3.44. The maximum Gasteiger partial charge on any atom is 0.151 e. The number of aromatic nitrogens is 2. The Morgan fingerprint density at radius 3 is 2.57 bits per heavy atom. The molecule has 0 fully saturated rings. The summed E-state index contributed by atoms with van der Waals surface area (Å²) in [6.45, 7) is 0.808. The molecule has 0 aliphatic carbocycles. The first-order valence-electron chi connectivity index (χ1n) is 7.62. The van der Waals surface area contributed by atoms with E-state index in [4.69, 9.17) is 4.98 Å². The van der Waals surface area contributed by atoms with Crippen LogP contribution in [0.4, 0.5) is 0 Å². The van der Waals surface area contributed by atoms with Crippen LogP contribution in [0.3, 0.4) is 0 Å². The highest BCUT2D eigenvalue weighted by Gasteiger charge is 2.11. The number of para-hydroxylation sites is 2. The van der Waals surface area contributed by atoms with Gasteiger partial charge in [0.15, 0.2) is 5.82 Å². The highest BCUT2D eigenvalue weighted by atomic mass is 32.1. The normalized spacial score (nSPS) is 11.5. The van der Waals surface area contributed by atoms with E-state index in [1.165, 1.54) is 16.0 Å². The second-order valence-electron chi connectivity index (χ2n) is 5.33. The molecule has 2 aromatic carbocycles. The van der Waals surface area contributed by atoms with Gasteiger partial charge in [-0.15, -0.1) is 11.3 Å². The van der Waals surface area contributed by atoms with Gasteiger partial charge in [-0.05, 0) is 29.1 Å². The number of fused-ring (bicyclic) bond motifs is 1. The SMILES string of the molecule is C(=C\c1ccccc1)/Cn1c(-c2cccs2)nc2ccccc21. The van der Waals surface area contributed by atoms with E-state index in [9.17, 15) is 0 Å². The van der Waals surface area contributed by atoms with Crippen molar-refractivity contribution in [2.24, 2.45) is 0 Å². The van der Waals surface area contributed by atoms with E-state index in [1.807, 2.05) is 12.1 Å². The third-order valence-corrected chi connectivity index (χ3v) is 4.66. The van der Waals surface area contributed by atoms with Gasteiger partial charge in [0.2, 0.25) is 0 Å². The average Bonchev–Trinajstić information content (AvgIpc) is 3.24. The molecule has 3 heteroatoms. The summed E-state index contributed by atoms with van der Waals surface area (Å²) in [7, 11) is 0. The molecule has 0 N–H and O–H groups in total. The van der Waals surface area contributed by atoms with E-state index in [2.05, 4.69) is 76.7 Å². The van der Waals surface area contributed by atoms with E-state index in [1.54, 1.807) is 11.3 Å². The molecule has 2 heterocycles. The molecule has 23 heavy (non-hydrogen) atoms. The summed E-state index contributed by atoms with van der Waals surface area (Å²) >= 11 is 1.73. The molecule has 0 saturated heterocycles. The molecule has 4 aromatic rings. The Labute approximate surface area is 139 Å². The zero-order valence-electron chi connectivity index (χ0n) is 12.6. The number of allylic oxidation sites excluding steroid dienone is 1. The molecule has 0 radical (unpaired) electrons. The fourth-order valence-electron chi connectivity index (χ4n) is 2.71. The van der Waals surface area contributed by atoms with Crippen molar-refractivity contribution in [1.82, 2.24) is 9.55 Å². The van der Waals surface area contributed by atoms with Crippen LogP contribution in [0.25, 0.3) is 27.8 Å². The maximum absolute atomic E-state index is 4.82. The van der Waals surface area contributed by atoms with Crippen molar-refractivity contribution in [1.29, 1.82) is 0 Å². The molecule has 0 saturated carbocycles. The first kappa shape index (κ1) is 14.0. The van der Waals surface area contributed by atoms with Crippen LogP contribution in [0, 0.1) is 0 Å². The molecule has 0 bridgehead atoms. The summed E-state index contributed by atoms with van der Waals surface area (Å²) in [5.74, 6) is 1.04. The van der Waals surface area contributed by atoms with Crippen LogP contribution >= 0.6 is 11.3 Å². The molecule has 0 amide bonds. The summed E-state index contributed by atoms with van der Waals surface area (Å²) in [5, 5.41) is 2.10. The number of nitrogens with zero attached hydrogens (tertiary/aromatic N) is 2. The van der Waals surface area contributed by atoms with Crippen molar-refractivity contribution in [3.8, 4) is 10.7 Å². The van der Waals surface area contributed by atoms with Crippen LogP contribution in [0.5, 0.6) is 0 Å². The van der Waals surface area contributed by atoms with E-state index in [-0.39, 0.29) is 0 Å². The molecule has 0 aliphatic heterocycles. The van der Waals surface area contributed by atoms with Gasteiger partial charge in [0.05, 0.1) is 15.9 Å². The molecule has 2 nitrogen and oxygen atoms in total. The molecule has 4 rings (SSSR count). The van der Waals surface area contributed by atoms with Gasteiger partial charge in [-0.3, -0.25) is 0 Å². The largest absolute Gasteiger partial charge is 0.319 e. The van der Waals surface area contributed by atoms with Crippen molar-refractivity contribution >= 4 is 28.4 Å². The molecular weight excluding hydrogens is 300 g/mol. The second-order valence-corrected chi connectivity index (χ2v) is 6.27. The number of thiophene rings is 1. The van der Waals surface area contributed by atoms with Crippen molar-refractivity contribution in [2.75, 3.05) is 0 Å². The minimum absolute atomic E-state index is 0.808. The molecule has 2 aromatic heterocycles. The lowest BCUT2D eigenvalue weighted by Gasteiger charge is -2.05. The van der Waals surface area contributed by atoms with Crippen molar-refractivity contribution in [2.45, 2.75) is 6.54 Å². The summed E-state index contributed by atoms with van der Waals surface area (Å²) < 4.78 is 2.28. The van der Waals surface area contributed by atoms with Gasteiger partial charge in [0.1, 0.15) is 0 Å². The average molecular weight is 316 g/mol. The van der Waals surface area contributed by atoms with Crippen molar-refractivity contribution in [3.63, 3.8) is 0 Å². The van der Waals surface area contributed by atoms with Crippen molar-refractivity contribution in [3.05, 3.63) is 83.7 Å². The summed E-state index contributed by atoms with van der Waals surface area (Å²) in [6, 6.07) is 22.9. The highest BCUT2D eigenvalue weighted by Crippen LogP contribution is 2.28. The van der Waals surface area contributed by atoms with Crippen LogP contribution in [-0.2, 0) is 6.54 Å². The van der Waals surface area contributed by atoms with Crippen LogP contribution < -0.4 is 0 Å². The molecule has 0 unspecified atom stereocenters. The van der Waals surface area contributed by atoms with E-state index < -0.39 is 0 Å². The number of hydrogen-bond donors (Lipinski definition) is 0. The number of benzene rings is 2. The lowest BCUT2D eigenvalue weighted by atomic mass is 10.2. The molecule has 112 valence electrons.